The van der Waals surface area contributed by atoms with E-state index in [1.807, 2.05) is 55.4 Å². The van der Waals surface area contributed by atoms with Gasteiger partial charge in [-0.15, -0.1) is 0 Å². The molecular formula is C26H26FN5OS. The van der Waals surface area contributed by atoms with E-state index >= 15 is 0 Å². The molecule has 1 amide bonds. The molecule has 0 aliphatic heterocycles. The van der Waals surface area contributed by atoms with Gasteiger partial charge in [0.15, 0.2) is 0 Å². The number of pyridine rings is 2. The molecule has 0 radical (unpaired) electrons. The van der Waals surface area contributed by atoms with Gasteiger partial charge in [-0.1, -0.05) is 13.0 Å². The van der Waals surface area contributed by atoms with Crippen LogP contribution in [0.25, 0.3) is 22.2 Å². The number of halogens is 1. The van der Waals surface area contributed by atoms with Crippen molar-refractivity contribution in [2.75, 3.05) is 22.7 Å². The van der Waals surface area contributed by atoms with Crippen LogP contribution in [0, 0.1) is 12.7 Å². The summed E-state index contributed by atoms with van der Waals surface area (Å²) in [5, 5.41) is 3.78. The van der Waals surface area contributed by atoms with Crippen LogP contribution in [0.1, 0.15) is 29.8 Å². The zero-order valence-corrected chi connectivity index (χ0v) is 20.1. The molecule has 0 atom stereocenters. The number of nitrogens with zero attached hydrogens (tertiary/aromatic N) is 3. The topological polar surface area (TPSA) is 70.2 Å². The van der Waals surface area contributed by atoms with Crippen LogP contribution < -0.4 is 14.3 Å². The number of benzene rings is 2. The first kappa shape index (κ1) is 23.7. The number of carbonyl (C=O) groups is 1. The molecule has 2 heterocycles. The summed E-state index contributed by atoms with van der Waals surface area (Å²) in [5.74, 6) is -1.07. The quantitative estimate of drug-likeness (QED) is 0.305. The maximum atomic E-state index is 14.8. The van der Waals surface area contributed by atoms with Gasteiger partial charge in [0.1, 0.15) is 5.82 Å². The summed E-state index contributed by atoms with van der Waals surface area (Å²) in [6.45, 7) is 7.45. The SMILES string of the molecule is CCNSN(CC)c1ccc(C(=O)Nc2ccc(C)c(-c3ccc4cnccc4n3)c2)c(F)c1. The van der Waals surface area contributed by atoms with Gasteiger partial charge in [0, 0.05) is 54.3 Å². The third-order valence-electron chi connectivity index (χ3n) is 5.35. The number of aryl methyl sites for hydroxylation is 1. The highest BCUT2D eigenvalue weighted by Gasteiger charge is 2.16. The molecule has 0 aliphatic carbocycles. The van der Waals surface area contributed by atoms with Gasteiger partial charge in [0.05, 0.1) is 22.5 Å². The zero-order valence-electron chi connectivity index (χ0n) is 19.3. The van der Waals surface area contributed by atoms with E-state index in [0.717, 1.165) is 34.3 Å². The van der Waals surface area contributed by atoms with Gasteiger partial charge in [0.25, 0.3) is 5.91 Å². The Hall–Kier alpha value is -3.49. The molecule has 0 bridgehead atoms. The van der Waals surface area contributed by atoms with E-state index in [-0.39, 0.29) is 5.56 Å². The highest BCUT2D eigenvalue weighted by Crippen LogP contribution is 2.28. The van der Waals surface area contributed by atoms with Gasteiger partial charge >= 0.3 is 0 Å². The van der Waals surface area contributed by atoms with Crippen molar-refractivity contribution >= 4 is 40.3 Å². The normalized spacial score (nSPS) is 10.9. The highest BCUT2D eigenvalue weighted by atomic mass is 32.2. The van der Waals surface area contributed by atoms with Crippen LogP contribution >= 0.6 is 12.1 Å². The van der Waals surface area contributed by atoms with Crippen molar-refractivity contribution in [1.82, 2.24) is 14.7 Å². The second kappa shape index (κ2) is 10.6. The summed E-state index contributed by atoms with van der Waals surface area (Å²) >= 11 is 1.41. The molecule has 34 heavy (non-hydrogen) atoms. The van der Waals surface area contributed by atoms with E-state index in [9.17, 15) is 9.18 Å². The molecule has 174 valence electrons. The smallest absolute Gasteiger partial charge is 0.258 e. The van der Waals surface area contributed by atoms with E-state index < -0.39 is 11.7 Å². The minimum Gasteiger partial charge on any atom is -0.322 e. The van der Waals surface area contributed by atoms with Crippen LogP contribution in [-0.2, 0) is 0 Å². The average molecular weight is 476 g/mol. The molecule has 0 saturated heterocycles. The molecule has 8 heteroatoms. The fraction of sp³-hybridized carbons (Fsp3) is 0.192. The number of rotatable bonds is 8. The fourth-order valence-corrected chi connectivity index (χ4v) is 4.21. The number of hydrogen-bond acceptors (Lipinski definition) is 6. The van der Waals surface area contributed by atoms with Gasteiger partial charge in [-0.3, -0.25) is 9.78 Å². The first-order chi connectivity index (χ1) is 16.5. The van der Waals surface area contributed by atoms with Gasteiger partial charge in [-0.25, -0.2) is 14.1 Å². The lowest BCUT2D eigenvalue weighted by Gasteiger charge is -2.21. The lowest BCUT2D eigenvalue weighted by Crippen LogP contribution is -2.21. The Morgan fingerprint density at radius 2 is 1.94 bits per heavy atom. The summed E-state index contributed by atoms with van der Waals surface area (Å²) in [5.41, 5.74) is 4.81. The van der Waals surface area contributed by atoms with Crippen molar-refractivity contribution in [3.63, 3.8) is 0 Å². The second-order valence-electron chi connectivity index (χ2n) is 7.70. The first-order valence-electron chi connectivity index (χ1n) is 11.1. The summed E-state index contributed by atoms with van der Waals surface area (Å²) in [6, 6.07) is 16.0. The average Bonchev–Trinajstić information content (AvgIpc) is 2.85. The van der Waals surface area contributed by atoms with E-state index in [1.165, 1.54) is 24.3 Å². The maximum absolute atomic E-state index is 14.8. The molecule has 4 rings (SSSR count). The van der Waals surface area contributed by atoms with Crippen molar-refractivity contribution in [2.24, 2.45) is 0 Å². The minimum absolute atomic E-state index is 0.00768. The van der Waals surface area contributed by atoms with Gasteiger partial charge in [-0.2, -0.15) is 0 Å². The molecule has 0 spiro atoms. The Bertz CT molecular complexity index is 1330. The van der Waals surface area contributed by atoms with E-state index in [4.69, 9.17) is 4.98 Å². The molecule has 0 fully saturated rings. The van der Waals surface area contributed by atoms with E-state index in [1.54, 1.807) is 24.5 Å². The number of fused-ring (bicyclic) bond motifs is 1. The van der Waals surface area contributed by atoms with Crippen LogP contribution in [-0.4, -0.2) is 29.0 Å². The number of anilines is 2. The number of carbonyl (C=O) groups excluding carboxylic acids is 1. The fourth-order valence-electron chi connectivity index (χ4n) is 3.58. The monoisotopic (exact) mass is 475 g/mol. The van der Waals surface area contributed by atoms with E-state index in [2.05, 4.69) is 15.0 Å². The molecule has 6 nitrogen and oxygen atoms in total. The molecule has 2 aromatic carbocycles. The lowest BCUT2D eigenvalue weighted by atomic mass is 10.0. The van der Waals surface area contributed by atoms with Gasteiger partial charge < -0.3 is 9.62 Å². The number of hydrogen-bond donors (Lipinski definition) is 2. The van der Waals surface area contributed by atoms with Gasteiger partial charge in [-0.05, 0) is 67.9 Å². The zero-order chi connectivity index (χ0) is 24.1. The highest BCUT2D eigenvalue weighted by molar-refractivity contribution is 7.98. The molecular weight excluding hydrogens is 449 g/mol. The van der Waals surface area contributed by atoms with Crippen LogP contribution in [0.2, 0.25) is 0 Å². The minimum atomic E-state index is -0.567. The van der Waals surface area contributed by atoms with Crippen molar-refractivity contribution in [3.05, 3.63) is 83.9 Å². The molecule has 2 aromatic heterocycles. The summed E-state index contributed by atoms with van der Waals surface area (Å²) in [7, 11) is 0. The Kier molecular flexibility index (Phi) is 7.40. The Morgan fingerprint density at radius 1 is 1.09 bits per heavy atom. The third kappa shape index (κ3) is 5.18. The largest absolute Gasteiger partial charge is 0.322 e. The maximum Gasteiger partial charge on any atom is 0.258 e. The molecule has 0 saturated carbocycles. The number of nitrogens with one attached hydrogen (secondary N) is 2. The Balaban J connectivity index is 1.56. The van der Waals surface area contributed by atoms with Gasteiger partial charge in [0.2, 0.25) is 0 Å². The lowest BCUT2D eigenvalue weighted by molar-refractivity contribution is 0.102. The summed E-state index contributed by atoms with van der Waals surface area (Å²) < 4.78 is 19.9. The van der Waals surface area contributed by atoms with Crippen LogP contribution in [0.4, 0.5) is 15.8 Å². The van der Waals surface area contributed by atoms with Crippen molar-refractivity contribution in [2.45, 2.75) is 20.8 Å². The number of aromatic nitrogens is 2. The predicted octanol–water partition coefficient (Wildman–Crippen LogP) is 6.00. The van der Waals surface area contributed by atoms with Crippen LogP contribution in [0.5, 0.6) is 0 Å². The Labute approximate surface area is 202 Å². The number of amides is 1. The van der Waals surface area contributed by atoms with Crippen LogP contribution in [0.3, 0.4) is 0 Å². The third-order valence-corrected chi connectivity index (χ3v) is 6.46. The first-order valence-corrected chi connectivity index (χ1v) is 11.9. The van der Waals surface area contributed by atoms with Crippen LogP contribution in [0.15, 0.2) is 67.0 Å². The van der Waals surface area contributed by atoms with Crippen molar-refractivity contribution in [1.29, 1.82) is 0 Å². The molecule has 0 aliphatic rings. The molecule has 4 aromatic rings. The van der Waals surface area contributed by atoms with E-state index in [0.29, 0.717) is 17.9 Å². The molecule has 0 unspecified atom stereocenters. The predicted molar refractivity (Wildman–Crippen MR) is 138 cm³/mol. The standard InChI is InChI=1S/C26H26FN5OS/c1-4-29-34-32(5-2)20-9-10-21(23(27)15-20)26(33)30-19-8-6-17(3)22(14-19)25-11-7-18-16-28-13-12-24(18)31-25/h6-16,29H,4-5H2,1-3H3,(H,30,33). The van der Waals surface area contributed by atoms with Crippen molar-refractivity contribution in [3.8, 4) is 11.3 Å². The summed E-state index contributed by atoms with van der Waals surface area (Å²) in [4.78, 5) is 21.7. The molecule has 2 N–H and O–H groups in total. The second-order valence-corrected chi connectivity index (χ2v) is 8.61. The summed E-state index contributed by atoms with van der Waals surface area (Å²) in [6.07, 6.45) is 3.48. The Morgan fingerprint density at radius 3 is 2.71 bits per heavy atom. The van der Waals surface area contributed by atoms with Crippen molar-refractivity contribution < 1.29 is 9.18 Å².